The molecule has 4 nitrogen and oxygen atoms in total. The fourth-order valence-electron chi connectivity index (χ4n) is 2.68. The topological polar surface area (TPSA) is 61.6 Å². The second kappa shape index (κ2) is 5.11. The first-order valence-electron chi connectivity index (χ1n) is 6.92. The zero-order valence-electron chi connectivity index (χ0n) is 10.9. The number of benzene rings is 1. The van der Waals surface area contributed by atoms with Gasteiger partial charge in [0.1, 0.15) is 0 Å². The summed E-state index contributed by atoms with van der Waals surface area (Å²) in [4.78, 5) is 11.2. The van der Waals surface area contributed by atoms with E-state index in [0.717, 1.165) is 23.5 Å². The summed E-state index contributed by atoms with van der Waals surface area (Å²) < 4.78 is 11.3. The highest BCUT2D eigenvalue weighted by atomic mass is 16.5. The molecule has 1 aromatic carbocycles. The molecular formula is C15H19NO3. The smallest absolute Gasteiger partial charge is 0.218 e. The van der Waals surface area contributed by atoms with Crippen LogP contribution in [0.1, 0.15) is 37.2 Å². The van der Waals surface area contributed by atoms with Crippen molar-refractivity contribution in [1.82, 2.24) is 0 Å². The molecule has 1 fully saturated rings. The summed E-state index contributed by atoms with van der Waals surface area (Å²) >= 11 is 0. The van der Waals surface area contributed by atoms with Gasteiger partial charge in [0.25, 0.3) is 0 Å². The Morgan fingerprint density at radius 1 is 1.26 bits per heavy atom. The van der Waals surface area contributed by atoms with Gasteiger partial charge in [-0.05, 0) is 42.4 Å². The predicted molar refractivity (Wildman–Crippen MR) is 71.3 cm³/mol. The number of hydrogen-bond donors (Lipinski definition) is 1. The highest BCUT2D eigenvalue weighted by Gasteiger charge is 2.33. The number of amides is 1. The van der Waals surface area contributed by atoms with Crippen molar-refractivity contribution in [2.24, 2.45) is 11.7 Å². The molecule has 3 rings (SSSR count). The Balaban J connectivity index is 1.86. The second-order valence-corrected chi connectivity index (χ2v) is 5.37. The van der Waals surface area contributed by atoms with E-state index in [1.54, 1.807) is 0 Å². The van der Waals surface area contributed by atoms with Gasteiger partial charge in [-0.1, -0.05) is 6.07 Å². The average molecular weight is 261 g/mol. The molecule has 1 saturated carbocycles. The molecule has 1 aromatic rings. The fraction of sp³-hybridized carbons (Fsp3) is 0.533. The molecule has 0 saturated heterocycles. The molecule has 0 bridgehead atoms. The molecule has 1 amide bonds. The standard InChI is InChI=1S/C15H19NO3/c16-15(17)9-12(10-2-3-10)11-4-5-13-14(8-11)19-7-1-6-18-13/h4-5,8,10,12H,1-3,6-7,9H2,(H2,16,17). The maximum Gasteiger partial charge on any atom is 0.218 e. The van der Waals surface area contributed by atoms with Crippen molar-refractivity contribution >= 4 is 5.91 Å². The van der Waals surface area contributed by atoms with Crippen molar-refractivity contribution in [3.8, 4) is 11.5 Å². The van der Waals surface area contributed by atoms with Gasteiger partial charge in [0.15, 0.2) is 11.5 Å². The van der Waals surface area contributed by atoms with E-state index in [-0.39, 0.29) is 11.8 Å². The van der Waals surface area contributed by atoms with Crippen molar-refractivity contribution in [3.05, 3.63) is 23.8 Å². The van der Waals surface area contributed by atoms with E-state index in [4.69, 9.17) is 15.2 Å². The van der Waals surface area contributed by atoms with Crippen LogP contribution in [0.5, 0.6) is 11.5 Å². The van der Waals surface area contributed by atoms with Gasteiger partial charge in [0.05, 0.1) is 13.2 Å². The minimum Gasteiger partial charge on any atom is -0.490 e. The summed E-state index contributed by atoms with van der Waals surface area (Å²) in [6.07, 6.45) is 3.69. The maximum absolute atomic E-state index is 11.2. The van der Waals surface area contributed by atoms with E-state index in [0.29, 0.717) is 25.6 Å². The summed E-state index contributed by atoms with van der Waals surface area (Å²) in [5.41, 5.74) is 6.51. The van der Waals surface area contributed by atoms with Gasteiger partial charge in [-0.2, -0.15) is 0 Å². The van der Waals surface area contributed by atoms with Crippen molar-refractivity contribution in [1.29, 1.82) is 0 Å². The van der Waals surface area contributed by atoms with Gasteiger partial charge in [0.2, 0.25) is 5.91 Å². The van der Waals surface area contributed by atoms with Crippen molar-refractivity contribution in [2.45, 2.75) is 31.6 Å². The first-order chi connectivity index (χ1) is 9.24. The van der Waals surface area contributed by atoms with E-state index in [2.05, 4.69) is 0 Å². The lowest BCUT2D eigenvalue weighted by Crippen LogP contribution is -2.16. The quantitative estimate of drug-likeness (QED) is 0.904. The van der Waals surface area contributed by atoms with Crippen molar-refractivity contribution in [2.75, 3.05) is 13.2 Å². The van der Waals surface area contributed by atoms with E-state index in [1.165, 1.54) is 12.8 Å². The van der Waals surface area contributed by atoms with Crippen LogP contribution in [0.4, 0.5) is 0 Å². The number of nitrogens with two attached hydrogens (primary N) is 1. The molecule has 1 atom stereocenters. The van der Waals surface area contributed by atoms with E-state index in [9.17, 15) is 4.79 Å². The van der Waals surface area contributed by atoms with Crippen LogP contribution < -0.4 is 15.2 Å². The van der Waals surface area contributed by atoms with Crippen LogP contribution in [-0.2, 0) is 4.79 Å². The Kier molecular flexibility index (Phi) is 3.32. The lowest BCUT2D eigenvalue weighted by molar-refractivity contribution is -0.118. The van der Waals surface area contributed by atoms with Gasteiger partial charge < -0.3 is 15.2 Å². The predicted octanol–water partition coefficient (Wildman–Crippen LogP) is 2.22. The molecule has 4 heteroatoms. The Bertz CT molecular complexity index is 482. The van der Waals surface area contributed by atoms with Crippen LogP contribution in [0.2, 0.25) is 0 Å². The molecule has 19 heavy (non-hydrogen) atoms. The van der Waals surface area contributed by atoms with E-state index >= 15 is 0 Å². The zero-order chi connectivity index (χ0) is 13.2. The third-order valence-corrected chi connectivity index (χ3v) is 3.81. The summed E-state index contributed by atoms with van der Waals surface area (Å²) in [6.45, 7) is 1.38. The van der Waals surface area contributed by atoms with Gasteiger partial charge in [0, 0.05) is 12.8 Å². The summed E-state index contributed by atoms with van der Waals surface area (Å²) in [5.74, 6) is 2.19. The Labute approximate surface area is 112 Å². The monoisotopic (exact) mass is 261 g/mol. The summed E-state index contributed by atoms with van der Waals surface area (Å²) in [5, 5.41) is 0. The van der Waals surface area contributed by atoms with Gasteiger partial charge in [-0.15, -0.1) is 0 Å². The molecule has 1 aliphatic carbocycles. The van der Waals surface area contributed by atoms with Crippen LogP contribution in [0.15, 0.2) is 18.2 Å². The molecule has 2 N–H and O–H groups in total. The Morgan fingerprint density at radius 2 is 2.00 bits per heavy atom. The van der Waals surface area contributed by atoms with E-state index < -0.39 is 0 Å². The third-order valence-electron chi connectivity index (χ3n) is 3.81. The maximum atomic E-state index is 11.2. The van der Waals surface area contributed by atoms with Crippen LogP contribution in [0.3, 0.4) is 0 Å². The number of hydrogen-bond acceptors (Lipinski definition) is 3. The lowest BCUT2D eigenvalue weighted by atomic mass is 9.90. The molecule has 0 aromatic heterocycles. The van der Waals surface area contributed by atoms with Gasteiger partial charge >= 0.3 is 0 Å². The molecule has 1 aliphatic heterocycles. The van der Waals surface area contributed by atoms with Gasteiger partial charge in [-0.25, -0.2) is 0 Å². The molecule has 1 unspecified atom stereocenters. The van der Waals surface area contributed by atoms with E-state index in [1.807, 2.05) is 18.2 Å². The lowest BCUT2D eigenvalue weighted by Gasteiger charge is -2.17. The van der Waals surface area contributed by atoms with Crippen molar-refractivity contribution < 1.29 is 14.3 Å². The van der Waals surface area contributed by atoms with Crippen LogP contribution >= 0.6 is 0 Å². The molecular weight excluding hydrogens is 242 g/mol. The van der Waals surface area contributed by atoms with Crippen molar-refractivity contribution in [3.63, 3.8) is 0 Å². The number of carbonyl (C=O) groups excluding carboxylic acids is 1. The average Bonchev–Trinajstić information content (AvgIpc) is 3.21. The minimum absolute atomic E-state index is 0.231. The highest BCUT2D eigenvalue weighted by Crippen LogP contribution is 2.46. The number of carbonyl (C=O) groups is 1. The number of rotatable bonds is 4. The first-order valence-corrected chi connectivity index (χ1v) is 6.92. The van der Waals surface area contributed by atoms with Gasteiger partial charge in [-0.3, -0.25) is 4.79 Å². The SMILES string of the molecule is NC(=O)CC(c1ccc2c(c1)OCCCO2)C1CC1. The number of fused-ring (bicyclic) bond motifs is 1. The normalized spacial score (nSPS) is 19.6. The zero-order valence-corrected chi connectivity index (χ0v) is 10.9. The van der Waals surface area contributed by atoms with Crippen LogP contribution in [-0.4, -0.2) is 19.1 Å². The number of ether oxygens (including phenoxy) is 2. The summed E-state index contributed by atoms with van der Waals surface area (Å²) in [7, 11) is 0. The minimum atomic E-state index is -0.232. The van der Waals surface area contributed by atoms with Crippen LogP contribution in [0.25, 0.3) is 0 Å². The second-order valence-electron chi connectivity index (χ2n) is 5.37. The first kappa shape index (κ1) is 12.3. The Hall–Kier alpha value is -1.71. The molecule has 0 radical (unpaired) electrons. The highest BCUT2D eigenvalue weighted by molar-refractivity contribution is 5.75. The number of primary amides is 1. The largest absolute Gasteiger partial charge is 0.490 e. The fourth-order valence-corrected chi connectivity index (χ4v) is 2.68. The Morgan fingerprint density at radius 3 is 2.68 bits per heavy atom. The molecule has 0 spiro atoms. The molecule has 1 heterocycles. The molecule has 102 valence electrons. The van der Waals surface area contributed by atoms with Crippen LogP contribution in [0, 0.1) is 5.92 Å². The molecule has 2 aliphatic rings. The third kappa shape index (κ3) is 2.83. The summed E-state index contributed by atoms with van der Waals surface area (Å²) in [6, 6.07) is 6.01.